The Labute approximate surface area is 130 Å². The van der Waals surface area contributed by atoms with Gasteiger partial charge in [0.15, 0.2) is 11.5 Å². The molecule has 0 aliphatic carbocycles. The van der Waals surface area contributed by atoms with Crippen LogP contribution in [0.5, 0.6) is 11.5 Å². The lowest BCUT2D eigenvalue weighted by Crippen LogP contribution is -2.33. The Morgan fingerprint density at radius 2 is 2.14 bits per heavy atom. The number of nitrogens with one attached hydrogen (secondary N) is 1. The van der Waals surface area contributed by atoms with Crippen LogP contribution in [0.25, 0.3) is 0 Å². The van der Waals surface area contributed by atoms with Crippen molar-refractivity contribution < 1.29 is 19.1 Å². The van der Waals surface area contributed by atoms with Gasteiger partial charge in [0, 0.05) is 18.8 Å². The number of carbonyl (C=O) groups excluding carboxylic acids is 2. The maximum atomic E-state index is 11.9. The molecule has 0 saturated carbocycles. The molecule has 2 rings (SSSR count). The number of carbonyl (C=O) groups is 2. The van der Waals surface area contributed by atoms with Crippen LogP contribution in [-0.2, 0) is 9.59 Å². The Hall–Kier alpha value is -2.02. The lowest BCUT2D eigenvalue weighted by atomic mass is 10.2. The normalized spacial score (nSPS) is 12.5. The van der Waals surface area contributed by atoms with Crippen molar-refractivity contribution in [3.8, 4) is 11.5 Å². The Bertz CT molecular complexity index is 589. The maximum Gasteiger partial charge on any atom is 0.246 e. The Kier molecular flexibility index (Phi) is 4.85. The highest BCUT2D eigenvalue weighted by atomic mass is 79.9. The van der Waals surface area contributed by atoms with E-state index in [4.69, 9.17) is 9.47 Å². The van der Waals surface area contributed by atoms with Crippen LogP contribution in [0.15, 0.2) is 29.3 Å². The van der Waals surface area contributed by atoms with Gasteiger partial charge in [-0.1, -0.05) is 6.58 Å². The second-order valence-electron chi connectivity index (χ2n) is 4.43. The highest BCUT2D eigenvalue weighted by Gasteiger charge is 2.17. The van der Waals surface area contributed by atoms with Gasteiger partial charge in [-0.25, -0.2) is 0 Å². The molecule has 1 heterocycles. The maximum absolute atomic E-state index is 11.9. The number of nitrogens with zero attached hydrogens (tertiary/aromatic N) is 1. The Balaban J connectivity index is 2.06. The summed E-state index contributed by atoms with van der Waals surface area (Å²) in [5.41, 5.74) is 0.565. The van der Waals surface area contributed by atoms with Gasteiger partial charge >= 0.3 is 0 Å². The Morgan fingerprint density at radius 3 is 2.86 bits per heavy atom. The smallest absolute Gasteiger partial charge is 0.246 e. The van der Waals surface area contributed by atoms with Crippen molar-refractivity contribution in [2.75, 3.05) is 32.1 Å². The van der Waals surface area contributed by atoms with E-state index in [2.05, 4.69) is 27.8 Å². The minimum absolute atomic E-state index is 0.0586. The molecule has 112 valence electrons. The molecule has 7 heteroatoms. The number of hydrogen-bond donors (Lipinski definition) is 1. The van der Waals surface area contributed by atoms with Gasteiger partial charge in [-0.15, -0.1) is 0 Å². The van der Waals surface area contributed by atoms with Gasteiger partial charge in [-0.3, -0.25) is 9.59 Å². The van der Waals surface area contributed by atoms with Crippen LogP contribution in [-0.4, -0.2) is 43.5 Å². The standard InChI is InChI=1S/C14H15BrN2O4/c1-3-13(19)17(2)8-12(18)16-9-6-10(15)14-11(7-9)20-4-5-21-14/h3,6-7H,1,4-5,8H2,2H3,(H,16,18). The lowest BCUT2D eigenvalue weighted by Gasteiger charge is -2.21. The summed E-state index contributed by atoms with van der Waals surface area (Å²) in [7, 11) is 1.53. The van der Waals surface area contributed by atoms with E-state index < -0.39 is 0 Å². The van der Waals surface area contributed by atoms with Crippen molar-refractivity contribution in [1.29, 1.82) is 0 Å². The topological polar surface area (TPSA) is 67.9 Å². The third-order valence-corrected chi connectivity index (χ3v) is 3.40. The number of halogens is 1. The van der Waals surface area contributed by atoms with E-state index in [9.17, 15) is 9.59 Å². The molecule has 1 aliphatic rings. The molecule has 0 unspecified atom stereocenters. The first-order valence-electron chi connectivity index (χ1n) is 6.28. The molecule has 0 spiro atoms. The lowest BCUT2D eigenvalue weighted by molar-refractivity contribution is -0.129. The van der Waals surface area contributed by atoms with Crippen LogP contribution in [0.1, 0.15) is 0 Å². The summed E-state index contributed by atoms with van der Waals surface area (Å²) in [5, 5.41) is 2.71. The fraction of sp³-hybridized carbons (Fsp3) is 0.286. The number of benzene rings is 1. The average Bonchev–Trinajstić information content (AvgIpc) is 2.46. The van der Waals surface area contributed by atoms with Gasteiger partial charge in [0.05, 0.1) is 11.0 Å². The fourth-order valence-corrected chi connectivity index (χ4v) is 2.39. The monoisotopic (exact) mass is 354 g/mol. The van der Waals surface area contributed by atoms with Crippen molar-refractivity contribution in [3.05, 3.63) is 29.3 Å². The molecular formula is C14H15BrN2O4. The summed E-state index contributed by atoms with van der Waals surface area (Å²) in [4.78, 5) is 24.5. The van der Waals surface area contributed by atoms with Gasteiger partial charge in [-0.2, -0.15) is 0 Å². The first-order valence-corrected chi connectivity index (χ1v) is 7.07. The number of anilines is 1. The van der Waals surface area contributed by atoms with Crippen molar-refractivity contribution in [2.24, 2.45) is 0 Å². The predicted octanol–water partition coefficient (Wildman–Crippen LogP) is 1.80. The summed E-state index contributed by atoms with van der Waals surface area (Å²) >= 11 is 3.37. The van der Waals surface area contributed by atoms with E-state index >= 15 is 0 Å². The van der Waals surface area contributed by atoms with E-state index in [0.717, 1.165) is 6.08 Å². The van der Waals surface area contributed by atoms with Crippen molar-refractivity contribution in [3.63, 3.8) is 0 Å². The number of likely N-dealkylation sites (N-methyl/N-ethyl adjacent to an activating group) is 1. The molecule has 0 fully saturated rings. The summed E-state index contributed by atoms with van der Waals surface area (Å²) in [5.74, 6) is 0.574. The van der Waals surface area contributed by atoms with Crippen LogP contribution in [0.2, 0.25) is 0 Å². The van der Waals surface area contributed by atoms with Crippen LogP contribution in [0.4, 0.5) is 5.69 Å². The van der Waals surface area contributed by atoms with Crippen molar-refractivity contribution in [2.45, 2.75) is 0 Å². The molecule has 0 bridgehead atoms. The summed E-state index contributed by atoms with van der Waals surface area (Å²) in [6.45, 7) is 4.27. The van der Waals surface area contributed by atoms with Gasteiger partial charge in [-0.05, 0) is 28.1 Å². The van der Waals surface area contributed by atoms with E-state index in [1.165, 1.54) is 11.9 Å². The SMILES string of the molecule is C=CC(=O)N(C)CC(=O)Nc1cc(Br)c2c(c1)OCCO2. The number of ether oxygens (including phenoxy) is 2. The number of rotatable bonds is 4. The Morgan fingerprint density at radius 1 is 1.43 bits per heavy atom. The summed E-state index contributed by atoms with van der Waals surface area (Å²) in [6, 6.07) is 3.41. The first-order chi connectivity index (χ1) is 10.0. The van der Waals surface area contributed by atoms with Crippen molar-refractivity contribution >= 4 is 33.4 Å². The third kappa shape index (κ3) is 3.75. The zero-order valence-corrected chi connectivity index (χ0v) is 13.1. The van der Waals surface area contributed by atoms with Gasteiger partial charge in [0.1, 0.15) is 13.2 Å². The largest absolute Gasteiger partial charge is 0.486 e. The van der Waals surface area contributed by atoms with E-state index in [0.29, 0.717) is 34.9 Å². The molecule has 0 aromatic heterocycles. The van der Waals surface area contributed by atoms with Crippen molar-refractivity contribution in [1.82, 2.24) is 4.90 Å². The molecule has 0 atom stereocenters. The second-order valence-corrected chi connectivity index (χ2v) is 5.28. The number of hydrogen-bond acceptors (Lipinski definition) is 4. The molecular weight excluding hydrogens is 340 g/mol. The second kappa shape index (κ2) is 6.62. The van der Waals surface area contributed by atoms with Crippen LogP contribution in [0.3, 0.4) is 0 Å². The third-order valence-electron chi connectivity index (χ3n) is 2.81. The fourth-order valence-electron chi connectivity index (χ4n) is 1.83. The molecule has 21 heavy (non-hydrogen) atoms. The molecule has 1 aliphatic heterocycles. The molecule has 1 aromatic carbocycles. The predicted molar refractivity (Wildman–Crippen MR) is 81.6 cm³/mol. The van der Waals surface area contributed by atoms with Crippen LogP contribution < -0.4 is 14.8 Å². The van der Waals surface area contributed by atoms with E-state index in [1.807, 2.05) is 0 Å². The van der Waals surface area contributed by atoms with Gasteiger partial charge < -0.3 is 19.7 Å². The molecule has 0 saturated heterocycles. The van der Waals surface area contributed by atoms with Crippen LogP contribution >= 0.6 is 15.9 Å². The quantitative estimate of drug-likeness (QED) is 0.837. The zero-order valence-electron chi connectivity index (χ0n) is 11.5. The van der Waals surface area contributed by atoms with Crippen LogP contribution in [0, 0.1) is 0 Å². The molecule has 1 N–H and O–H groups in total. The first kappa shape index (κ1) is 15.4. The van der Waals surface area contributed by atoms with Gasteiger partial charge in [0.25, 0.3) is 0 Å². The average molecular weight is 355 g/mol. The highest BCUT2D eigenvalue weighted by molar-refractivity contribution is 9.10. The summed E-state index contributed by atoms with van der Waals surface area (Å²) in [6.07, 6.45) is 1.16. The molecule has 6 nitrogen and oxygen atoms in total. The zero-order chi connectivity index (χ0) is 15.4. The summed E-state index contributed by atoms with van der Waals surface area (Å²) < 4.78 is 11.7. The molecule has 0 radical (unpaired) electrons. The minimum atomic E-state index is -0.312. The number of amides is 2. The van der Waals surface area contributed by atoms with Gasteiger partial charge in [0.2, 0.25) is 11.8 Å². The highest BCUT2D eigenvalue weighted by Crippen LogP contribution is 2.40. The molecule has 2 amide bonds. The number of fused-ring (bicyclic) bond motifs is 1. The minimum Gasteiger partial charge on any atom is -0.486 e. The van der Waals surface area contributed by atoms with E-state index in [1.54, 1.807) is 12.1 Å². The molecule has 1 aromatic rings. The van der Waals surface area contributed by atoms with E-state index in [-0.39, 0.29) is 18.4 Å².